The number of rotatable bonds is 7. The Morgan fingerprint density at radius 1 is 0.765 bits per heavy atom. The molecule has 185 valence electrons. The first-order valence-corrected chi connectivity index (χ1v) is 15.0. The fourth-order valence-electron chi connectivity index (χ4n) is 3.33. The van der Waals surface area contributed by atoms with Crippen LogP contribution in [0, 0.1) is 12.0 Å². The van der Waals surface area contributed by atoms with Gasteiger partial charge >= 0.3 is 21.7 Å². The topological polar surface area (TPSA) is 23.8 Å². The molecular weight excluding hydrogens is 462 g/mol. The number of nitrogens with one attached hydrogen (secondary N) is 1. The molecule has 0 heterocycles. The van der Waals surface area contributed by atoms with Gasteiger partial charge in [-0.2, -0.15) is 17.7 Å². The molecule has 1 nitrogen and oxygen atoms in total. The molecule has 0 aromatic heterocycles. The van der Waals surface area contributed by atoms with Crippen LogP contribution in [-0.2, 0) is 21.7 Å². The molecule has 3 rings (SSSR count). The van der Waals surface area contributed by atoms with Gasteiger partial charge in [0, 0.05) is 9.52 Å². The summed E-state index contributed by atoms with van der Waals surface area (Å²) in [4.78, 5) is 0. The maximum atomic E-state index is 6.88. The first-order valence-electron chi connectivity index (χ1n) is 12.7. The molecule has 0 saturated carbocycles. The largest absolute Gasteiger partial charge is 2.00 e. The summed E-state index contributed by atoms with van der Waals surface area (Å²) in [5.41, 5.74) is 13.7. The molecule has 0 aliphatic heterocycles. The molecule has 1 aliphatic carbocycles. The standard InChI is InChI=1S/C12H10.C9H13.C8H18N.C2H7Si.Ti/c1-3-7-11(8-4-1)12-9-5-2-6-10-12;1-6-5-7(2)9(4)8(6)3;1-2-3-4-5-6-7-8-9;1-3-2;/h1-10H;6H,1-4H3;9H,2-8H2,1H3;3H,1-2H3;/q;2*-1;;+2. The Labute approximate surface area is 229 Å². The third kappa shape index (κ3) is 16.4. The van der Waals surface area contributed by atoms with Crippen LogP contribution in [0.5, 0.6) is 0 Å². The van der Waals surface area contributed by atoms with Crippen LogP contribution in [-0.4, -0.2) is 16.1 Å². The zero-order valence-electron chi connectivity index (χ0n) is 22.9. The first kappa shape index (κ1) is 35.0. The van der Waals surface area contributed by atoms with E-state index in [1.54, 1.807) is 0 Å². The van der Waals surface area contributed by atoms with Gasteiger partial charge in [-0.15, -0.1) is 6.92 Å². The van der Waals surface area contributed by atoms with Gasteiger partial charge in [-0.3, -0.25) is 6.08 Å². The van der Waals surface area contributed by atoms with Crippen LogP contribution in [0.1, 0.15) is 73.1 Å². The molecule has 0 saturated heterocycles. The average molecular weight is 511 g/mol. The van der Waals surface area contributed by atoms with E-state index in [4.69, 9.17) is 5.73 Å². The SMILES string of the molecule is CC1=[C-]C(C)C(C)=C1C.CCCCCCCC[NH-].C[SiH]C.[Ti+2].c1ccc(-c2ccccc2)cc1. The quantitative estimate of drug-likeness (QED) is 0.201. The fourth-order valence-corrected chi connectivity index (χ4v) is 3.33. The van der Waals surface area contributed by atoms with E-state index in [9.17, 15) is 0 Å². The molecule has 1 radical (unpaired) electrons. The number of hydrogen-bond acceptors (Lipinski definition) is 0. The summed E-state index contributed by atoms with van der Waals surface area (Å²) in [5, 5.41) is 0. The summed E-state index contributed by atoms with van der Waals surface area (Å²) in [7, 11) is 0.750. The zero-order chi connectivity index (χ0) is 24.9. The summed E-state index contributed by atoms with van der Waals surface area (Å²) in [6.07, 6.45) is 11.1. The van der Waals surface area contributed by atoms with Crippen molar-refractivity contribution in [1.29, 1.82) is 0 Å². The van der Waals surface area contributed by atoms with Gasteiger partial charge in [0.2, 0.25) is 0 Å². The summed E-state index contributed by atoms with van der Waals surface area (Å²) >= 11 is 0. The Morgan fingerprint density at radius 2 is 1.18 bits per heavy atom. The van der Waals surface area contributed by atoms with Gasteiger partial charge in [-0.05, 0) is 11.1 Å². The number of hydrogen-bond donors (Lipinski definition) is 0. The van der Waals surface area contributed by atoms with E-state index in [1.165, 1.54) is 60.0 Å². The van der Waals surface area contributed by atoms with Crippen molar-refractivity contribution in [2.24, 2.45) is 5.92 Å². The smallest absolute Gasteiger partial charge is 0.677 e. The van der Waals surface area contributed by atoms with E-state index in [0.29, 0.717) is 12.5 Å². The van der Waals surface area contributed by atoms with Gasteiger partial charge in [-0.25, -0.2) is 5.57 Å². The van der Waals surface area contributed by atoms with Crippen molar-refractivity contribution in [3.63, 3.8) is 0 Å². The molecule has 34 heavy (non-hydrogen) atoms. The van der Waals surface area contributed by atoms with E-state index >= 15 is 0 Å². The predicted octanol–water partition coefficient (Wildman–Crippen LogP) is 9.99. The molecule has 3 heteroatoms. The van der Waals surface area contributed by atoms with Crippen LogP contribution < -0.4 is 0 Å². The summed E-state index contributed by atoms with van der Waals surface area (Å²) in [5.74, 6) is 0.560. The van der Waals surface area contributed by atoms with Crippen LogP contribution in [0.4, 0.5) is 0 Å². The van der Waals surface area contributed by atoms with Crippen molar-refractivity contribution >= 4 is 9.52 Å². The van der Waals surface area contributed by atoms with Gasteiger partial charge in [0.05, 0.1) is 0 Å². The van der Waals surface area contributed by atoms with Crippen molar-refractivity contribution in [2.75, 3.05) is 6.54 Å². The van der Waals surface area contributed by atoms with Gasteiger partial charge in [0.1, 0.15) is 0 Å². The normalized spacial score (nSPS) is 13.8. The third-order valence-electron chi connectivity index (χ3n) is 5.65. The predicted molar refractivity (Wildman–Crippen MR) is 153 cm³/mol. The number of allylic oxidation sites excluding steroid dienone is 4. The molecule has 0 fully saturated rings. The zero-order valence-corrected chi connectivity index (χ0v) is 25.6. The Kier molecular flexibility index (Phi) is 24.2. The third-order valence-corrected chi connectivity index (χ3v) is 5.65. The van der Waals surface area contributed by atoms with E-state index in [1.807, 2.05) is 12.1 Å². The van der Waals surface area contributed by atoms with Crippen LogP contribution in [0.25, 0.3) is 16.9 Å². The summed E-state index contributed by atoms with van der Waals surface area (Å²) in [6.45, 7) is 15.9. The number of unbranched alkanes of at least 4 members (excludes halogenated alkanes) is 5. The second kappa shape index (κ2) is 23.5. The van der Waals surface area contributed by atoms with Crippen molar-refractivity contribution in [3.05, 3.63) is 89.2 Å². The Balaban J connectivity index is 0. The summed E-state index contributed by atoms with van der Waals surface area (Å²) < 4.78 is 0. The minimum Gasteiger partial charge on any atom is -0.677 e. The Morgan fingerprint density at radius 3 is 1.47 bits per heavy atom. The maximum absolute atomic E-state index is 6.88. The summed E-state index contributed by atoms with van der Waals surface area (Å²) in [6, 6.07) is 20.8. The molecule has 1 N–H and O–H groups in total. The van der Waals surface area contributed by atoms with Gasteiger partial charge in [0.15, 0.2) is 0 Å². The van der Waals surface area contributed by atoms with Gasteiger partial charge in [-0.1, -0.05) is 146 Å². The second-order valence-electron chi connectivity index (χ2n) is 8.63. The minimum absolute atomic E-state index is 0. The van der Waals surface area contributed by atoms with Crippen LogP contribution in [0.3, 0.4) is 0 Å². The second-order valence-corrected chi connectivity index (χ2v) is 9.78. The average Bonchev–Trinajstić information content (AvgIpc) is 3.07. The number of benzene rings is 2. The molecule has 1 aliphatic rings. The molecule has 2 aromatic carbocycles. The maximum Gasteiger partial charge on any atom is 2.00 e. The molecule has 0 amide bonds. The van der Waals surface area contributed by atoms with Crippen LogP contribution in [0.2, 0.25) is 13.1 Å². The van der Waals surface area contributed by atoms with Gasteiger partial charge < -0.3 is 5.73 Å². The molecule has 0 bridgehead atoms. The van der Waals surface area contributed by atoms with Crippen molar-refractivity contribution in [1.82, 2.24) is 0 Å². The van der Waals surface area contributed by atoms with Gasteiger partial charge in [0.25, 0.3) is 0 Å². The molecule has 1 unspecified atom stereocenters. The minimum atomic E-state index is 0. The van der Waals surface area contributed by atoms with Crippen molar-refractivity contribution < 1.29 is 21.7 Å². The van der Waals surface area contributed by atoms with Crippen LogP contribution >= 0.6 is 0 Å². The van der Waals surface area contributed by atoms with Crippen molar-refractivity contribution in [2.45, 2.75) is 86.2 Å². The molecular formula is C31H48NSiTi. The molecule has 2 aromatic rings. The van der Waals surface area contributed by atoms with E-state index < -0.39 is 0 Å². The first-order chi connectivity index (χ1) is 15.9. The van der Waals surface area contributed by atoms with E-state index in [-0.39, 0.29) is 21.7 Å². The Hall–Kier alpha value is -1.19. The molecule has 1 atom stereocenters. The van der Waals surface area contributed by atoms with Crippen LogP contribution in [0.15, 0.2) is 77.4 Å². The van der Waals surface area contributed by atoms with E-state index in [0.717, 1.165) is 15.9 Å². The fraction of sp³-hybridized carbons (Fsp3) is 0.484. The van der Waals surface area contributed by atoms with Crippen molar-refractivity contribution in [3.8, 4) is 11.1 Å². The Bertz CT molecular complexity index is 725. The van der Waals surface area contributed by atoms with E-state index in [2.05, 4.69) is 102 Å². The molecule has 0 spiro atoms. The monoisotopic (exact) mass is 510 g/mol.